The number of carboxylic acid groups (broad SMARTS) is 1. The highest BCUT2D eigenvalue weighted by Gasteiger charge is 2.21. The summed E-state index contributed by atoms with van der Waals surface area (Å²) in [7, 11) is 0. The van der Waals surface area contributed by atoms with Crippen molar-refractivity contribution in [1.29, 1.82) is 0 Å². The lowest BCUT2D eigenvalue weighted by molar-refractivity contribution is -0.135. The van der Waals surface area contributed by atoms with Gasteiger partial charge in [0.1, 0.15) is 35.0 Å². The maximum absolute atomic E-state index is 12.1. The number of fused-ring (bicyclic) bond motifs is 1. The van der Waals surface area contributed by atoms with Gasteiger partial charge in [-0.05, 0) is 13.0 Å². The van der Waals surface area contributed by atoms with Gasteiger partial charge in [-0.3, -0.25) is 9.59 Å². The van der Waals surface area contributed by atoms with Gasteiger partial charge in [0.25, 0.3) is 5.91 Å². The smallest absolute Gasteiger partial charge is 0.322 e. The predicted molar refractivity (Wildman–Crippen MR) is 82.2 cm³/mol. The van der Waals surface area contributed by atoms with Crippen molar-refractivity contribution in [2.45, 2.75) is 16.8 Å². The second-order valence-corrected chi connectivity index (χ2v) is 5.82. The van der Waals surface area contributed by atoms with Crippen molar-refractivity contribution in [3.63, 3.8) is 0 Å². The number of aromatic nitrogens is 3. The minimum Gasteiger partial charge on any atom is -0.507 e. The van der Waals surface area contributed by atoms with Crippen molar-refractivity contribution in [1.82, 2.24) is 19.9 Å². The number of aromatic hydroxyl groups is 1. The largest absolute Gasteiger partial charge is 0.507 e. The highest BCUT2D eigenvalue weighted by atomic mass is 32.2. The summed E-state index contributed by atoms with van der Waals surface area (Å²) < 4.78 is 6.62. The number of amides is 1. The number of furan rings is 1. The van der Waals surface area contributed by atoms with Crippen LogP contribution < -0.4 is 5.32 Å². The van der Waals surface area contributed by atoms with Crippen molar-refractivity contribution in [3.05, 3.63) is 36.0 Å². The molecule has 0 bridgehead atoms. The normalized spacial score (nSPS) is 10.9. The molecule has 0 aliphatic carbocycles. The minimum absolute atomic E-state index is 0.126. The monoisotopic (exact) mass is 348 g/mol. The number of hydrogen-bond donors (Lipinski definition) is 3. The van der Waals surface area contributed by atoms with Crippen molar-refractivity contribution in [2.24, 2.45) is 0 Å². The van der Waals surface area contributed by atoms with Crippen LogP contribution in [0.2, 0.25) is 0 Å². The average molecular weight is 348 g/mol. The first kappa shape index (κ1) is 15.9. The van der Waals surface area contributed by atoms with Gasteiger partial charge in [-0.1, -0.05) is 11.8 Å². The summed E-state index contributed by atoms with van der Waals surface area (Å²) in [5.74, 6) is -1.55. The fourth-order valence-corrected chi connectivity index (χ4v) is 3.00. The van der Waals surface area contributed by atoms with E-state index in [1.54, 1.807) is 19.3 Å². The fourth-order valence-electron chi connectivity index (χ4n) is 2.06. The van der Waals surface area contributed by atoms with Gasteiger partial charge in [-0.25, -0.2) is 9.50 Å². The molecule has 124 valence electrons. The Bertz CT molecular complexity index is 933. The topological polar surface area (TPSA) is 130 Å². The maximum atomic E-state index is 12.1. The van der Waals surface area contributed by atoms with Gasteiger partial charge in [0.2, 0.25) is 0 Å². The third-order valence-electron chi connectivity index (χ3n) is 3.15. The van der Waals surface area contributed by atoms with Gasteiger partial charge >= 0.3 is 5.97 Å². The van der Waals surface area contributed by atoms with Crippen molar-refractivity contribution in [2.75, 3.05) is 6.54 Å². The van der Waals surface area contributed by atoms with E-state index in [9.17, 15) is 14.7 Å². The van der Waals surface area contributed by atoms with Crippen LogP contribution in [0, 0.1) is 6.92 Å². The second-order valence-electron chi connectivity index (χ2n) is 4.76. The van der Waals surface area contributed by atoms with Crippen LogP contribution in [0.4, 0.5) is 0 Å². The maximum Gasteiger partial charge on any atom is 0.322 e. The van der Waals surface area contributed by atoms with Gasteiger partial charge in [-0.15, -0.1) is 0 Å². The molecule has 10 heteroatoms. The number of pyridine rings is 1. The van der Waals surface area contributed by atoms with Crippen LogP contribution in [0.15, 0.2) is 39.1 Å². The fraction of sp³-hybridized carbons (Fsp3) is 0.143. The van der Waals surface area contributed by atoms with Crippen molar-refractivity contribution < 1.29 is 24.2 Å². The van der Waals surface area contributed by atoms with Gasteiger partial charge < -0.3 is 19.9 Å². The Hall–Kier alpha value is -3.01. The first-order valence-corrected chi connectivity index (χ1v) is 7.56. The van der Waals surface area contributed by atoms with Gasteiger partial charge in [0.05, 0.1) is 11.2 Å². The lowest BCUT2D eigenvalue weighted by Gasteiger charge is -2.09. The molecule has 0 aromatic carbocycles. The molecule has 3 N–H and O–H groups in total. The van der Waals surface area contributed by atoms with Crippen molar-refractivity contribution >= 4 is 29.3 Å². The molecule has 3 aromatic rings. The van der Waals surface area contributed by atoms with E-state index >= 15 is 0 Å². The summed E-state index contributed by atoms with van der Waals surface area (Å²) >= 11 is 1.29. The molecule has 3 rings (SSSR count). The van der Waals surface area contributed by atoms with E-state index in [2.05, 4.69) is 15.4 Å². The van der Waals surface area contributed by atoms with E-state index in [1.807, 2.05) is 0 Å². The third kappa shape index (κ3) is 2.91. The van der Waals surface area contributed by atoms with Crippen LogP contribution in [-0.2, 0) is 4.79 Å². The quantitative estimate of drug-likeness (QED) is 0.629. The Kier molecular flexibility index (Phi) is 4.13. The molecule has 0 atom stereocenters. The molecule has 0 saturated carbocycles. The lowest BCUT2D eigenvalue weighted by atomic mass is 10.2. The first-order chi connectivity index (χ1) is 11.5. The molecule has 1 amide bonds. The number of nitrogens with zero attached hydrogens (tertiary/aromatic N) is 3. The van der Waals surface area contributed by atoms with Gasteiger partial charge in [-0.2, -0.15) is 5.10 Å². The Morgan fingerprint density at radius 1 is 1.46 bits per heavy atom. The van der Waals surface area contributed by atoms with E-state index in [0.717, 1.165) is 4.90 Å². The van der Waals surface area contributed by atoms with Crippen LogP contribution in [0.3, 0.4) is 0 Å². The zero-order chi connectivity index (χ0) is 17.3. The molecule has 0 aliphatic heterocycles. The summed E-state index contributed by atoms with van der Waals surface area (Å²) in [6.07, 6.45) is 2.79. The molecule has 0 saturated heterocycles. The Labute approximate surface area is 139 Å². The summed E-state index contributed by atoms with van der Waals surface area (Å²) in [6.45, 7) is 1.23. The van der Waals surface area contributed by atoms with Crippen LogP contribution >= 0.6 is 11.8 Å². The van der Waals surface area contributed by atoms with E-state index < -0.39 is 18.4 Å². The van der Waals surface area contributed by atoms with Gasteiger partial charge in [0, 0.05) is 6.07 Å². The number of nitrogens with one attached hydrogen (secondary N) is 1. The highest BCUT2D eigenvalue weighted by molar-refractivity contribution is 7.99. The number of rotatable bonds is 5. The standard InChI is InChI=1S/C14H12N4O5S/c1-7-9(2-3-23-7)24-10-4-8(19)12(13-16-6-17-18(10)13)14(22)15-5-11(20)21/h2-4,6,19H,5H2,1H3,(H,15,22)(H,20,21). The molecule has 3 aromatic heterocycles. The molecule has 3 heterocycles. The number of carbonyl (C=O) groups is 2. The van der Waals surface area contributed by atoms with Gasteiger partial charge in [0.15, 0.2) is 5.65 Å². The summed E-state index contributed by atoms with van der Waals surface area (Å²) in [5, 5.41) is 25.6. The zero-order valence-corrected chi connectivity index (χ0v) is 13.2. The molecule has 0 fully saturated rings. The second kappa shape index (κ2) is 6.24. The molecule has 24 heavy (non-hydrogen) atoms. The Balaban J connectivity index is 2.02. The Morgan fingerprint density at radius 3 is 2.92 bits per heavy atom. The molecule has 0 radical (unpaired) electrons. The van der Waals surface area contributed by atoms with Crippen LogP contribution in [0.5, 0.6) is 5.75 Å². The minimum atomic E-state index is -1.19. The van der Waals surface area contributed by atoms with E-state index in [0.29, 0.717) is 10.8 Å². The summed E-state index contributed by atoms with van der Waals surface area (Å²) in [5.41, 5.74) is -0.0106. The lowest BCUT2D eigenvalue weighted by Crippen LogP contribution is -2.29. The molecular formula is C14H12N4O5S. The summed E-state index contributed by atoms with van der Waals surface area (Å²) in [4.78, 5) is 27.5. The van der Waals surface area contributed by atoms with Crippen LogP contribution in [0.25, 0.3) is 5.65 Å². The zero-order valence-electron chi connectivity index (χ0n) is 12.4. The number of carbonyl (C=O) groups excluding carboxylic acids is 1. The number of carboxylic acids is 1. The van der Waals surface area contributed by atoms with Crippen molar-refractivity contribution in [3.8, 4) is 5.75 Å². The van der Waals surface area contributed by atoms with E-state index in [-0.39, 0.29) is 17.0 Å². The number of hydrogen-bond acceptors (Lipinski definition) is 7. The number of aliphatic carboxylic acids is 1. The van der Waals surface area contributed by atoms with E-state index in [4.69, 9.17) is 9.52 Å². The SMILES string of the molecule is Cc1occc1Sc1cc(O)c(C(=O)NCC(=O)O)c2ncnn12. The summed E-state index contributed by atoms with van der Waals surface area (Å²) in [6, 6.07) is 3.14. The van der Waals surface area contributed by atoms with Crippen LogP contribution in [0.1, 0.15) is 16.1 Å². The average Bonchev–Trinajstić information content (AvgIpc) is 3.15. The van der Waals surface area contributed by atoms with E-state index in [1.165, 1.54) is 28.7 Å². The molecule has 0 aliphatic rings. The highest BCUT2D eigenvalue weighted by Crippen LogP contribution is 2.34. The third-order valence-corrected chi connectivity index (χ3v) is 4.29. The first-order valence-electron chi connectivity index (χ1n) is 6.75. The predicted octanol–water partition coefficient (Wildman–Crippen LogP) is 1.30. The Morgan fingerprint density at radius 2 is 2.25 bits per heavy atom. The molecule has 0 spiro atoms. The number of aryl methyl sites for hydroxylation is 1. The molecular weight excluding hydrogens is 336 g/mol. The van der Waals surface area contributed by atoms with Crippen LogP contribution in [-0.4, -0.2) is 43.2 Å². The molecule has 0 unspecified atom stereocenters. The molecule has 9 nitrogen and oxygen atoms in total.